The van der Waals surface area contributed by atoms with E-state index in [9.17, 15) is 0 Å². The minimum atomic E-state index is -0.0602. The van der Waals surface area contributed by atoms with Crippen molar-refractivity contribution < 1.29 is 9.47 Å². The van der Waals surface area contributed by atoms with Crippen LogP contribution < -0.4 is 10.5 Å². The first-order valence-corrected chi connectivity index (χ1v) is 8.59. The molecule has 3 heterocycles. The Morgan fingerprint density at radius 2 is 2.00 bits per heavy atom. The number of pyridine rings is 1. The number of hydrogen-bond donors (Lipinski definition) is 1. The summed E-state index contributed by atoms with van der Waals surface area (Å²) in [7, 11) is 0. The number of anilines is 1. The summed E-state index contributed by atoms with van der Waals surface area (Å²) in [6.07, 6.45) is 3.40. The molecule has 0 saturated carbocycles. The summed E-state index contributed by atoms with van der Waals surface area (Å²) in [6, 6.07) is 10.1. The fourth-order valence-electron chi connectivity index (χ4n) is 3.48. The van der Waals surface area contributed by atoms with E-state index in [0.717, 1.165) is 68.4 Å². The molecule has 0 aliphatic carbocycles. The van der Waals surface area contributed by atoms with E-state index >= 15 is 0 Å². The monoisotopic (exact) mass is 325 g/mol. The Hall–Kier alpha value is -2.11. The smallest absolute Gasteiger partial charge is 0.142 e. The second-order valence-corrected chi connectivity index (χ2v) is 6.40. The van der Waals surface area contributed by atoms with Crippen LogP contribution in [0.4, 0.5) is 5.69 Å². The predicted octanol–water partition coefficient (Wildman–Crippen LogP) is 2.41. The molecule has 1 aromatic carbocycles. The van der Waals surface area contributed by atoms with Crippen molar-refractivity contribution in [1.29, 1.82) is 0 Å². The predicted molar refractivity (Wildman–Crippen MR) is 93.1 cm³/mol. The second kappa shape index (κ2) is 6.79. The number of nitrogens with zero attached hydrogens (tertiary/aromatic N) is 2. The van der Waals surface area contributed by atoms with Gasteiger partial charge in [0.1, 0.15) is 11.9 Å². The maximum absolute atomic E-state index is 6.35. The van der Waals surface area contributed by atoms with Gasteiger partial charge in [0, 0.05) is 49.9 Å². The highest BCUT2D eigenvalue weighted by Crippen LogP contribution is 2.36. The zero-order valence-electron chi connectivity index (χ0n) is 13.8. The first-order valence-electron chi connectivity index (χ1n) is 8.59. The van der Waals surface area contributed by atoms with Gasteiger partial charge in [0.05, 0.1) is 18.9 Å². The van der Waals surface area contributed by atoms with E-state index in [1.165, 1.54) is 5.56 Å². The maximum atomic E-state index is 6.35. The largest absolute Gasteiger partial charge is 0.484 e. The number of para-hydroxylation sites is 1. The average Bonchev–Trinajstić information content (AvgIpc) is 2.78. The van der Waals surface area contributed by atoms with Crippen molar-refractivity contribution in [2.75, 3.05) is 38.6 Å². The van der Waals surface area contributed by atoms with Crippen LogP contribution in [0.3, 0.4) is 0 Å². The lowest BCUT2D eigenvalue weighted by Crippen LogP contribution is -2.37. The van der Waals surface area contributed by atoms with Crippen LogP contribution in [0, 0.1) is 0 Å². The number of ether oxygens (including phenoxy) is 2. The van der Waals surface area contributed by atoms with Gasteiger partial charge in [-0.1, -0.05) is 18.2 Å². The summed E-state index contributed by atoms with van der Waals surface area (Å²) in [5.74, 6) is 0.946. The van der Waals surface area contributed by atoms with Crippen molar-refractivity contribution in [2.45, 2.75) is 18.9 Å². The molecule has 2 aliphatic rings. The van der Waals surface area contributed by atoms with Gasteiger partial charge in [-0.05, 0) is 17.7 Å². The standard InChI is InChI=1S/C19H23N3O2/c20-16-5-7-21-19-15(16)13-14-3-1-2-4-17(14)24-18(19)6-8-22-9-11-23-12-10-22/h1-5,7,18H,6,8-13H2,(H2,20,21). The molecule has 126 valence electrons. The molecular weight excluding hydrogens is 302 g/mol. The van der Waals surface area contributed by atoms with Crippen LogP contribution in [0.2, 0.25) is 0 Å². The lowest BCUT2D eigenvalue weighted by molar-refractivity contribution is 0.0315. The van der Waals surface area contributed by atoms with Gasteiger partial charge in [-0.25, -0.2) is 0 Å². The molecule has 0 amide bonds. The number of nitrogen functional groups attached to an aromatic ring is 1. The topological polar surface area (TPSA) is 60.6 Å². The highest BCUT2D eigenvalue weighted by atomic mass is 16.5. The van der Waals surface area contributed by atoms with E-state index < -0.39 is 0 Å². The molecule has 24 heavy (non-hydrogen) atoms. The number of hydrogen-bond acceptors (Lipinski definition) is 5. The highest BCUT2D eigenvalue weighted by Gasteiger charge is 2.26. The number of morpholine rings is 1. The summed E-state index contributed by atoms with van der Waals surface area (Å²) in [5, 5.41) is 0. The Morgan fingerprint density at radius 1 is 1.17 bits per heavy atom. The Balaban J connectivity index is 1.61. The Bertz CT molecular complexity index is 714. The van der Waals surface area contributed by atoms with Crippen LogP contribution in [0.5, 0.6) is 5.75 Å². The van der Waals surface area contributed by atoms with Gasteiger partial charge in [0.2, 0.25) is 0 Å². The second-order valence-electron chi connectivity index (χ2n) is 6.40. The average molecular weight is 325 g/mol. The first kappa shape index (κ1) is 15.4. The van der Waals surface area contributed by atoms with Crippen LogP contribution in [-0.2, 0) is 11.2 Å². The van der Waals surface area contributed by atoms with Crippen molar-refractivity contribution in [3.8, 4) is 5.75 Å². The summed E-state index contributed by atoms with van der Waals surface area (Å²) in [5.41, 5.74) is 10.3. The van der Waals surface area contributed by atoms with Gasteiger partial charge in [0.15, 0.2) is 0 Å². The van der Waals surface area contributed by atoms with Crippen LogP contribution >= 0.6 is 0 Å². The van der Waals surface area contributed by atoms with E-state index in [0.29, 0.717) is 0 Å². The van der Waals surface area contributed by atoms with Crippen LogP contribution in [-0.4, -0.2) is 42.7 Å². The zero-order valence-corrected chi connectivity index (χ0v) is 13.8. The van der Waals surface area contributed by atoms with Gasteiger partial charge in [-0.3, -0.25) is 9.88 Å². The number of rotatable bonds is 3. The summed E-state index contributed by atoms with van der Waals surface area (Å²) < 4.78 is 11.8. The molecule has 4 rings (SSSR count). The Labute approximate surface area is 142 Å². The molecule has 5 nitrogen and oxygen atoms in total. The van der Waals surface area contributed by atoms with Gasteiger partial charge in [0.25, 0.3) is 0 Å². The fraction of sp³-hybridized carbons (Fsp3) is 0.421. The quantitative estimate of drug-likeness (QED) is 0.939. The number of aromatic nitrogens is 1. The third kappa shape index (κ3) is 3.09. The summed E-state index contributed by atoms with van der Waals surface area (Å²) >= 11 is 0. The maximum Gasteiger partial charge on any atom is 0.142 e. The minimum absolute atomic E-state index is 0.0602. The van der Waals surface area contributed by atoms with Gasteiger partial charge in [-0.15, -0.1) is 0 Å². The van der Waals surface area contributed by atoms with Gasteiger partial charge < -0.3 is 15.2 Å². The summed E-state index contributed by atoms with van der Waals surface area (Å²) in [6.45, 7) is 4.58. The highest BCUT2D eigenvalue weighted by molar-refractivity contribution is 5.54. The van der Waals surface area contributed by atoms with Crippen LogP contribution in [0.15, 0.2) is 36.5 Å². The molecular formula is C19H23N3O2. The first-order chi connectivity index (χ1) is 11.8. The molecule has 0 radical (unpaired) electrons. The Kier molecular flexibility index (Phi) is 4.36. The van der Waals surface area contributed by atoms with Gasteiger partial charge >= 0.3 is 0 Å². The third-order valence-electron chi connectivity index (χ3n) is 4.85. The molecule has 1 atom stereocenters. The fourth-order valence-corrected chi connectivity index (χ4v) is 3.48. The van der Waals surface area contributed by atoms with E-state index in [1.807, 2.05) is 24.3 Å². The third-order valence-corrected chi connectivity index (χ3v) is 4.85. The van der Waals surface area contributed by atoms with E-state index in [-0.39, 0.29) is 6.10 Å². The minimum Gasteiger partial charge on any atom is -0.484 e. The molecule has 0 bridgehead atoms. The van der Waals surface area contributed by atoms with Crippen LogP contribution in [0.25, 0.3) is 0 Å². The molecule has 1 fully saturated rings. The normalized spacial score (nSPS) is 20.6. The van der Waals surface area contributed by atoms with Crippen molar-refractivity contribution in [3.05, 3.63) is 53.3 Å². The van der Waals surface area contributed by atoms with E-state index in [2.05, 4.69) is 16.0 Å². The summed E-state index contributed by atoms with van der Waals surface area (Å²) in [4.78, 5) is 7.05. The molecule has 1 unspecified atom stereocenters. The molecule has 2 aliphatic heterocycles. The molecule has 2 aromatic rings. The molecule has 2 N–H and O–H groups in total. The number of benzene rings is 1. The Morgan fingerprint density at radius 3 is 2.88 bits per heavy atom. The van der Waals surface area contributed by atoms with Crippen LogP contribution in [0.1, 0.15) is 29.3 Å². The van der Waals surface area contributed by atoms with E-state index in [1.54, 1.807) is 6.20 Å². The zero-order chi connectivity index (χ0) is 16.4. The lowest BCUT2D eigenvalue weighted by atomic mass is 9.99. The number of nitrogens with two attached hydrogens (primary N) is 1. The molecule has 1 saturated heterocycles. The lowest BCUT2D eigenvalue weighted by Gasteiger charge is -2.28. The van der Waals surface area contributed by atoms with Crippen molar-refractivity contribution in [1.82, 2.24) is 9.88 Å². The van der Waals surface area contributed by atoms with Crippen molar-refractivity contribution in [3.63, 3.8) is 0 Å². The van der Waals surface area contributed by atoms with Crippen molar-refractivity contribution >= 4 is 5.69 Å². The molecule has 1 aromatic heterocycles. The number of fused-ring (bicyclic) bond motifs is 2. The van der Waals surface area contributed by atoms with Crippen molar-refractivity contribution in [2.24, 2.45) is 0 Å². The SMILES string of the molecule is Nc1ccnc2c1Cc1ccccc1OC2CCN1CCOCC1. The molecule has 5 heteroatoms. The van der Waals surface area contributed by atoms with Gasteiger partial charge in [-0.2, -0.15) is 0 Å². The van der Waals surface area contributed by atoms with E-state index in [4.69, 9.17) is 15.2 Å². The molecule has 0 spiro atoms.